The van der Waals surface area contributed by atoms with E-state index in [1.54, 1.807) is 6.20 Å². The minimum Gasteiger partial charge on any atom is -0.383 e. The van der Waals surface area contributed by atoms with Crippen molar-refractivity contribution in [1.82, 2.24) is 15.0 Å². The van der Waals surface area contributed by atoms with E-state index in [4.69, 9.17) is 11.5 Å². The monoisotopic (exact) mass is 277 g/mol. The smallest absolute Gasteiger partial charge is 0.253 e. The molecule has 2 heterocycles. The van der Waals surface area contributed by atoms with E-state index in [1.807, 2.05) is 19.1 Å². The lowest BCUT2D eigenvalue weighted by Crippen LogP contribution is -2.10. The predicted octanol–water partition coefficient (Wildman–Crippen LogP) is 1.31. The van der Waals surface area contributed by atoms with Gasteiger partial charge in [0.05, 0.1) is 5.69 Å². The lowest BCUT2D eigenvalue weighted by molar-refractivity contribution is 0.674. The van der Waals surface area contributed by atoms with Crippen molar-refractivity contribution in [3.8, 4) is 0 Å². The van der Waals surface area contributed by atoms with Crippen LogP contribution in [0.2, 0.25) is 0 Å². The molecular formula is C12H15N5OS. The summed E-state index contributed by atoms with van der Waals surface area (Å²) in [5.41, 5.74) is 12.0. The molecule has 2 rings (SSSR count). The first-order valence-corrected chi connectivity index (χ1v) is 6.66. The quantitative estimate of drug-likeness (QED) is 0.727. The van der Waals surface area contributed by atoms with Crippen LogP contribution in [0.3, 0.4) is 0 Å². The van der Waals surface area contributed by atoms with Crippen molar-refractivity contribution in [2.45, 2.75) is 29.4 Å². The second-order valence-corrected chi connectivity index (χ2v) is 5.07. The van der Waals surface area contributed by atoms with Gasteiger partial charge < -0.3 is 16.5 Å². The van der Waals surface area contributed by atoms with Crippen LogP contribution in [0.25, 0.3) is 0 Å². The lowest BCUT2D eigenvalue weighted by atomic mass is 10.1. The highest BCUT2D eigenvalue weighted by Crippen LogP contribution is 2.24. The van der Waals surface area contributed by atoms with Gasteiger partial charge in [0.1, 0.15) is 5.82 Å². The molecule has 2 aromatic rings. The molecule has 0 radical (unpaired) electrons. The van der Waals surface area contributed by atoms with Crippen molar-refractivity contribution in [3.63, 3.8) is 0 Å². The van der Waals surface area contributed by atoms with Crippen LogP contribution < -0.4 is 17.0 Å². The van der Waals surface area contributed by atoms with E-state index < -0.39 is 0 Å². The van der Waals surface area contributed by atoms with Gasteiger partial charge >= 0.3 is 0 Å². The van der Waals surface area contributed by atoms with Crippen LogP contribution in [0.5, 0.6) is 0 Å². The highest BCUT2D eigenvalue weighted by Gasteiger charge is 2.06. The van der Waals surface area contributed by atoms with Gasteiger partial charge in [-0.05, 0) is 18.6 Å². The summed E-state index contributed by atoms with van der Waals surface area (Å²) < 4.78 is 0. The molecule has 100 valence electrons. The van der Waals surface area contributed by atoms with Crippen molar-refractivity contribution < 1.29 is 0 Å². The molecule has 19 heavy (non-hydrogen) atoms. The average Bonchev–Trinajstić information content (AvgIpc) is 2.37. The zero-order valence-corrected chi connectivity index (χ0v) is 11.3. The number of nitrogens with one attached hydrogen (secondary N) is 1. The fourth-order valence-electron chi connectivity index (χ4n) is 1.49. The Labute approximate surface area is 114 Å². The zero-order chi connectivity index (χ0) is 13.8. The fraction of sp³-hybridized carbons (Fsp3) is 0.250. The maximum atomic E-state index is 11.3. The maximum absolute atomic E-state index is 11.3. The number of hydrogen-bond acceptors (Lipinski definition) is 6. The minimum atomic E-state index is -0.271. The van der Waals surface area contributed by atoms with E-state index in [2.05, 4.69) is 15.0 Å². The van der Waals surface area contributed by atoms with Crippen LogP contribution in [-0.4, -0.2) is 15.0 Å². The molecule has 0 bridgehead atoms. The minimum absolute atomic E-state index is 0.0515. The second kappa shape index (κ2) is 5.85. The summed E-state index contributed by atoms with van der Waals surface area (Å²) in [5.74, 6) is 0.198. The number of rotatable bonds is 4. The van der Waals surface area contributed by atoms with E-state index in [-0.39, 0.29) is 17.4 Å². The molecule has 0 spiro atoms. The summed E-state index contributed by atoms with van der Waals surface area (Å²) in [7, 11) is 0. The topological polar surface area (TPSA) is 111 Å². The van der Waals surface area contributed by atoms with Gasteiger partial charge in [0.15, 0.2) is 5.16 Å². The average molecular weight is 277 g/mol. The third-order valence-corrected chi connectivity index (χ3v) is 3.40. The largest absolute Gasteiger partial charge is 0.383 e. The summed E-state index contributed by atoms with van der Waals surface area (Å²) in [4.78, 5) is 23.1. The van der Waals surface area contributed by atoms with Crippen molar-refractivity contribution in [2.75, 3.05) is 5.73 Å². The third kappa shape index (κ3) is 3.55. The van der Waals surface area contributed by atoms with Crippen molar-refractivity contribution >= 4 is 17.6 Å². The normalized spacial score (nSPS) is 12.3. The first-order chi connectivity index (χ1) is 9.08. The molecule has 0 saturated heterocycles. The first-order valence-electron chi connectivity index (χ1n) is 5.84. The zero-order valence-electron chi connectivity index (χ0n) is 10.5. The van der Waals surface area contributed by atoms with Gasteiger partial charge in [0, 0.05) is 23.2 Å². The molecule has 7 heteroatoms. The van der Waals surface area contributed by atoms with E-state index >= 15 is 0 Å². The van der Waals surface area contributed by atoms with E-state index in [0.29, 0.717) is 5.16 Å². The molecular weight excluding hydrogens is 262 g/mol. The fourth-order valence-corrected chi connectivity index (χ4v) is 2.26. The van der Waals surface area contributed by atoms with Gasteiger partial charge in [-0.3, -0.25) is 9.78 Å². The van der Waals surface area contributed by atoms with Crippen LogP contribution in [0.1, 0.15) is 25.1 Å². The Morgan fingerprint density at radius 2 is 2.26 bits per heavy atom. The van der Waals surface area contributed by atoms with E-state index in [1.165, 1.54) is 17.8 Å². The molecule has 0 fully saturated rings. The van der Waals surface area contributed by atoms with E-state index in [9.17, 15) is 4.79 Å². The van der Waals surface area contributed by atoms with Crippen molar-refractivity contribution in [2.24, 2.45) is 5.73 Å². The second-order valence-electron chi connectivity index (χ2n) is 4.01. The first kappa shape index (κ1) is 13.6. The number of hydrogen-bond donors (Lipinski definition) is 3. The van der Waals surface area contributed by atoms with E-state index in [0.717, 1.165) is 17.0 Å². The Bertz CT molecular complexity index is 610. The summed E-state index contributed by atoms with van der Waals surface area (Å²) in [6.45, 7) is 2.01. The number of anilines is 1. The van der Waals surface area contributed by atoms with Gasteiger partial charge in [0.25, 0.3) is 5.56 Å². The Hall–Kier alpha value is -1.86. The highest BCUT2D eigenvalue weighted by atomic mass is 32.2. The van der Waals surface area contributed by atoms with Crippen LogP contribution in [0.15, 0.2) is 39.2 Å². The number of nitrogens with two attached hydrogens (primary N) is 2. The molecule has 0 aliphatic carbocycles. The Morgan fingerprint density at radius 3 is 2.84 bits per heavy atom. The summed E-state index contributed by atoms with van der Waals surface area (Å²) >= 11 is 1.29. The standard InChI is InChI=1S/C12H15N5OS/c1-2-8(13)9-4-3-7(6-15-9)19-12-16-10(14)5-11(18)17-12/h3-6,8H,2,13H2,1H3,(H3,14,16,17,18)/t8-/m1/s1. The van der Waals surface area contributed by atoms with Gasteiger partial charge in [-0.15, -0.1) is 0 Å². The molecule has 0 saturated carbocycles. The molecule has 2 aromatic heterocycles. The Balaban J connectivity index is 2.17. The van der Waals surface area contributed by atoms with Crippen molar-refractivity contribution in [1.29, 1.82) is 0 Å². The Kier molecular flexibility index (Phi) is 4.18. The summed E-state index contributed by atoms with van der Waals surface area (Å²) in [6, 6.07) is 4.96. The van der Waals surface area contributed by atoms with Crippen LogP contribution in [0, 0.1) is 0 Å². The molecule has 0 aliphatic heterocycles. The molecule has 0 aliphatic rings. The molecule has 0 unspecified atom stereocenters. The van der Waals surface area contributed by atoms with Crippen molar-refractivity contribution in [3.05, 3.63) is 40.4 Å². The number of nitrogen functional groups attached to an aromatic ring is 1. The highest BCUT2D eigenvalue weighted by molar-refractivity contribution is 7.99. The maximum Gasteiger partial charge on any atom is 0.253 e. The third-order valence-electron chi connectivity index (χ3n) is 2.53. The molecule has 0 aromatic carbocycles. The number of nitrogens with zero attached hydrogens (tertiary/aromatic N) is 2. The van der Waals surface area contributed by atoms with Gasteiger partial charge in [-0.25, -0.2) is 4.98 Å². The van der Waals surface area contributed by atoms with Gasteiger partial charge in [-0.2, -0.15) is 0 Å². The van der Waals surface area contributed by atoms with Crippen LogP contribution in [-0.2, 0) is 0 Å². The summed E-state index contributed by atoms with van der Waals surface area (Å²) in [6.07, 6.45) is 2.54. The Morgan fingerprint density at radius 1 is 1.47 bits per heavy atom. The molecule has 6 nitrogen and oxygen atoms in total. The number of H-pyrrole nitrogens is 1. The number of aromatic nitrogens is 3. The SMILES string of the molecule is CC[C@@H](N)c1ccc(Sc2nc(N)cc(=O)[nH]2)cn1. The van der Waals surface area contributed by atoms with Gasteiger partial charge in [-0.1, -0.05) is 18.7 Å². The molecule has 0 amide bonds. The number of pyridine rings is 1. The van der Waals surface area contributed by atoms with Crippen LogP contribution in [0.4, 0.5) is 5.82 Å². The number of aromatic amines is 1. The predicted molar refractivity (Wildman–Crippen MR) is 74.8 cm³/mol. The summed E-state index contributed by atoms with van der Waals surface area (Å²) in [5, 5.41) is 0.444. The van der Waals surface area contributed by atoms with Crippen LogP contribution >= 0.6 is 11.8 Å². The molecule has 5 N–H and O–H groups in total. The van der Waals surface area contributed by atoms with Gasteiger partial charge in [0.2, 0.25) is 0 Å². The molecule has 1 atom stereocenters. The lowest BCUT2D eigenvalue weighted by Gasteiger charge is -2.08.